The number of halogens is 1. The van der Waals surface area contributed by atoms with Crippen molar-refractivity contribution in [2.45, 2.75) is 64.2 Å². The summed E-state index contributed by atoms with van der Waals surface area (Å²) < 4.78 is 24.0. The third-order valence-electron chi connectivity index (χ3n) is 5.61. The second kappa shape index (κ2) is 6.99. The molecule has 3 nitrogen and oxygen atoms in total. The van der Waals surface area contributed by atoms with E-state index in [1.165, 1.54) is 11.1 Å². The summed E-state index contributed by atoms with van der Waals surface area (Å²) >= 11 is 2.34. The van der Waals surface area contributed by atoms with E-state index < -0.39 is 11.4 Å². The fourth-order valence-corrected chi connectivity index (χ4v) is 5.39. The van der Waals surface area contributed by atoms with E-state index in [2.05, 4.69) is 41.1 Å². The van der Waals surface area contributed by atoms with E-state index in [1.807, 2.05) is 27.9 Å². The number of fused-ring (bicyclic) bond motifs is 1. The first-order valence-corrected chi connectivity index (χ1v) is 10.9. The molecule has 3 rings (SSSR count). The Bertz CT molecular complexity index is 685. The maximum absolute atomic E-state index is 12.8. The molecule has 0 aromatic heterocycles. The lowest BCUT2D eigenvalue weighted by atomic mass is 9.66. The number of ether oxygens (including phenoxy) is 1. The first kappa shape index (κ1) is 19.4. The van der Waals surface area contributed by atoms with E-state index in [0.717, 1.165) is 35.9 Å². The average Bonchev–Trinajstić information content (AvgIpc) is 2.80. The standard InChI is InChI=1S/C20H28BrNO2S/c1-13-11-20(9-8-17(13)24-5)12-14-6-7-15(21)10-16(14)18(20)22-25(23)19(2,3)4/h6-7,10,13,17H,8-9,11-12H2,1-5H3/t13-,17-,20-,25-/m0/s1. The predicted octanol–water partition coefficient (Wildman–Crippen LogP) is 5.08. The number of hydrogen-bond donors (Lipinski definition) is 0. The zero-order valence-corrected chi connectivity index (χ0v) is 18.2. The van der Waals surface area contributed by atoms with Crippen molar-refractivity contribution >= 4 is 33.0 Å². The molecule has 2 aliphatic carbocycles. The van der Waals surface area contributed by atoms with Crippen LogP contribution >= 0.6 is 15.9 Å². The van der Waals surface area contributed by atoms with Crippen LogP contribution in [0.5, 0.6) is 0 Å². The molecule has 25 heavy (non-hydrogen) atoms. The second-order valence-corrected chi connectivity index (χ2v) is 11.4. The van der Waals surface area contributed by atoms with Gasteiger partial charge in [0.2, 0.25) is 0 Å². The van der Waals surface area contributed by atoms with Crippen LogP contribution in [0, 0.1) is 11.3 Å². The van der Waals surface area contributed by atoms with Crippen molar-refractivity contribution in [3.8, 4) is 0 Å². The SMILES string of the molecule is CO[C@H]1CC[C@@]2(Cc3ccc(Br)cc3C2=N[S@@+]([O-])C(C)(C)C)C[C@@H]1C. The Morgan fingerprint density at radius 2 is 2.08 bits per heavy atom. The average molecular weight is 426 g/mol. The van der Waals surface area contributed by atoms with Gasteiger partial charge in [-0.2, -0.15) is 0 Å². The van der Waals surface area contributed by atoms with Crippen molar-refractivity contribution in [2.24, 2.45) is 15.7 Å². The molecule has 1 saturated carbocycles. The van der Waals surface area contributed by atoms with Crippen LogP contribution in [0.4, 0.5) is 0 Å². The Hall–Kier alpha value is -0.360. The maximum Gasteiger partial charge on any atom is 0.144 e. The van der Waals surface area contributed by atoms with E-state index in [0.29, 0.717) is 12.0 Å². The van der Waals surface area contributed by atoms with Gasteiger partial charge in [0.25, 0.3) is 0 Å². The van der Waals surface area contributed by atoms with Crippen LogP contribution in [0.15, 0.2) is 27.1 Å². The van der Waals surface area contributed by atoms with Crippen LogP contribution in [0.1, 0.15) is 58.1 Å². The molecular weight excluding hydrogens is 398 g/mol. The van der Waals surface area contributed by atoms with E-state index in [1.54, 1.807) is 0 Å². The van der Waals surface area contributed by atoms with Gasteiger partial charge in [-0.15, -0.1) is 0 Å². The molecule has 0 saturated heterocycles. The van der Waals surface area contributed by atoms with Crippen molar-refractivity contribution < 1.29 is 9.29 Å². The number of hydrogen-bond acceptors (Lipinski definition) is 3. The lowest BCUT2D eigenvalue weighted by Gasteiger charge is -2.41. The summed E-state index contributed by atoms with van der Waals surface area (Å²) in [6, 6.07) is 6.44. The summed E-state index contributed by atoms with van der Waals surface area (Å²) in [5.41, 5.74) is 3.56. The summed E-state index contributed by atoms with van der Waals surface area (Å²) in [4.78, 5) is 0. The van der Waals surface area contributed by atoms with Gasteiger partial charge in [0, 0.05) is 22.6 Å². The van der Waals surface area contributed by atoms with Gasteiger partial charge >= 0.3 is 0 Å². The first-order valence-electron chi connectivity index (χ1n) is 8.99. The summed E-state index contributed by atoms with van der Waals surface area (Å²) in [5, 5.41) is 0. The van der Waals surface area contributed by atoms with Crippen molar-refractivity contribution in [1.82, 2.24) is 0 Å². The van der Waals surface area contributed by atoms with E-state index in [4.69, 9.17) is 9.13 Å². The van der Waals surface area contributed by atoms with Gasteiger partial charge in [0.15, 0.2) is 0 Å². The third kappa shape index (κ3) is 3.71. The molecule has 0 unspecified atom stereocenters. The van der Waals surface area contributed by atoms with E-state index in [-0.39, 0.29) is 10.2 Å². The molecule has 138 valence electrons. The molecule has 1 fully saturated rings. The number of rotatable bonds is 2. The summed E-state index contributed by atoms with van der Waals surface area (Å²) in [5.74, 6) is 0.477. The van der Waals surface area contributed by atoms with Gasteiger partial charge in [-0.1, -0.05) is 33.3 Å². The van der Waals surface area contributed by atoms with Gasteiger partial charge < -0.3 is 9.29 Å². The lowest BCUT2D eigenvalue weighted by Crippen LogP contribution is -2.41. The molecule has 0 N–H and O–H groups in total. The van der Waals surface area contributed by atoms with E-state index in [9.17, 15) is 4.55 Å². The highest BCUT2D eigenvalue weighted by Gasteiger charge is 2.49. The summed E-state index contributed by atoms with van der Waals surface area (Å²) in [7, 11) is 1.81. The molecule has 0 radical (unpaired) electrons. The Morgan fingerprint density at radius 1 is 1.36 bits per heavy atom. The minimum Gasteiger partial charge on any atom is -0.591 e. The lowest BCUT2D eigenvalue weighted by molar-refractivity contribution is 0.00485. The maximum atomic E-state index is 12.8. The zero-order chi connectivity index (χ0) is 18.4. The van der Waals surface area contributed by atoms with Gasteiger partial charge in [0.05, 0.1) is 6.10 Å². The Kier molecular flexibility index (Phi) is 5.42. The van der Waals surface area contributed by atoms with Crippen LogP contribution in [0.2, 0.25) is 0 Å². The first-order chi connectivity index (χ1) is 11.7. The van der Waals surface area contributed by atoms with Crippen LogP contribution in [-0.4, -0.2) is 28.2 Å². The molecule has 1 aromatic rings. The summed E-state index contributed by atoms with van der Waals surface area (Å²) in [6.45, 7) is 8.23. The molecule has 5 heteroatoms. The molecule has 0 aliphatic heterocycles. The predicted molar refractivity (Wildman–Crippen MR) is 109 cm³/mol. The van der Waals surface area contributed by atoms with Gasteiger partial charge in [0.1, 0.15) is 21.8 Å². The molecule has 1 spiro atoms. The highest BCUT2D eigenvalue weighted by atomic mass is 79.9. The third-order valence-corrected chi connectivity index (χ3v) is 7.50. The van der Waals surface area contributed by atoms with Gasteiger partial charge in [-0.3, -0.25) is 0 Å². The molecule has 0 heterocycles. The number of methoxy groups -OCH3 is 1. The smallest absolute Gasteiger partial charge is 0.144 e. The number of benzene rings is 1. The van der Waals surface area contributed by atoms with Crippen molar-refractivity contribution in [3.05, 3.63) is 33.8 Å². The molecule has 0 bridgehead atoms. The Morgan fingerprint density at radius 3 is 2.68 bits per heavy atom. The molecule has 4 atom stereocenters. The van der Waals surface area contributed by atoms with Crippen LogP contribution < -0.4 is 0 Å². The molecule has 2 aliphatic rings. The molecule has 1 aromatic carbocycles. The normalized spacial score (nSPS) is 32.2. The van der Waals surface area contributed by atoms with Crippen molar-refractivity contribution in [1.29, 1.82) is 0 Å². The Balaban J connectivity index is 2.05. The molecule has 0 amide bonds. The molecular formula is C20H28BrNO2S. The van der Waals surface area contributed by atoms with Crippen LogP contribution in [-0.2, 0) is 22.5 Å². The van der Waals surface area contributed by atoms with Crippen LogP contribution in [0.3, 0.4) is 0 Å². The van der Waals surface area contributed by atoms with Crippen molar-refractivity contribution in [2.75, 3.05) is 7.11 Å². The van der Waals surface area contributed by atoms with E-state index >= 15 is 0 Å². The fourth-order valence-electron chi connectivity index (χ4n) is 4.30. The number of nitrogens with zero attached hydrogens (tertiary/aromatic N) is 1. The second-order valence-electron chi connectivity index (χ2n) is 8.55. The van der Waals surface area contributed by atoms with Gasteiger partial charge in [-0.05, 0) is 70.1 Å². The Labute approximate surface area is 163 Å². The van der Waals surface area contributed by atoms with Crippen molar-refractivity contribution in [3.63, 3.8) is 0 Å². The van der Waals surface area contributed by atoms with Crippen LogP contribution in [0.25, 0.3) is 0 Å². The minimum atomic E-state index is -1.25. The highest BCUT2D eigenvalue weighted by molar-refractivity contribution is 9.10. The quantitative estimate of drug-likeness (QED) is 0.620. The largest absolute Gasteiger partial charge is 0.591 e. The minimum absolute atomic E-state index is 0.00150. The monoisotopic (exact) mass is 425 g/mol. The van der Waals surface area contributed by atoms with Gasteiger partial charge in [-0.25, -0.2) is 0 Å². The topological polar surface area (TPSA) is 44.6 Å². The fraction of sp³-hybridized carbons (Fsp3) is 0.650. The summed E-state index contributed by atoms with van der Waals surface area (Å²) in [6.07, 6.45) is 4.43. The highest BCUT2D eigenvalue weighted by Crippen LogP contribution is 2.50. The zero-order valence-electron chi connectivity index (χ0n) is 15.8.